The highest BCUT2D eigenvalue weighted by Crippen LogP contribution is 2.25. The van der Waals surface area contributed by atoms with E-state index in [1.807, 2.05) is 20.9 Å². The number of carbonyl (C=O) groups is 1. The first-order valence-corrected chi connectivity index (χ1v) is 10.5. The first-order valence-electron chi connectivity index (χ1n) is 8.73. The van der Waals surface area contributed by atoms with Crippen LogP contribution in [0, 0.1) is 13.8 Å². The molecule has 0 N–H and O–H groups in total. The van der Waals surface area contributed by atoms with Crippen molar-refractivity contribution in [1.29, 1.82) is 0 Å². The minimum Gasteiger partial charge on any atom is -0.340 e. The monoisotopic (exact) mass is 410 g/mol. The van der Waals surface area contributed by atoms with Crippen LogP contribution in [0.2, 0.25) is 5.02 Å². The maximum Gasteiger partial charge on any atom is 0.244 e. The second kappa shape index (κ2) is 7.61. The van der Waals surface area contributed by atoms with Crippen molar-refractivity contribution in [2.75, 3.05) is 26.2 Å². The van der Waals surface area contributed by atoms with E-state index in [0.717, 1.165) is 17.0 Å². The molecule has 27 heavy (non-hydrogen) atoms. The van der Waals surface area contributed by atoms with Crippen molar-refractivity contribution in [2.24, 2.45) is 7.05 Å². The van der Waals surface area contributed by atoms with Gasteiger partial charge in [0.25, 0.3) is 0 Å². The fraction of sp³-hybridized carbons (Fsp3) is 0.444. The Kier molecular flexibility index (Phi) is 5.60. The molecule has 0 spiro atoms. The van der Waals surface area contributed by atoms with E-state index in [2.05, 4.69) is 5.10 Å². The van der Waals surface area contributed by atoms with Gasteiger partial charge in [0.05, 0.1) is 17.1 Å². The third-order valence-electron chi connectivity index (χ3n) is 5.03. The molecule has 1 saturated heterocycles. The molecule has 1 amide bonds. The van der Waals surface area contributed by atoms with Crippen LogP contribution in [0.15, 0.2) is 29.2 Å². The molecule has 9 heteroatoms. The molecule has 146 valence electrons. The molecule has 0 radical (unpaired) electrons. The molecule has 2 aromatic rings. The quantitative estimate of drug-likeness (QED) is 0.769. The van der Waals surface area contributed by atoms with Crippen molar-refractivity contribution < 1.29 is 13.2 Å². The fourth-order valence-corrected chi connectivity index (χ4v) is 5.22. The number of aryl methyl sites for hydroxylation is 2. The van der Waals surface area contributed by atoms with Crippen LogP contribution in [0.4, 0.5) is 0 Å². The topological polar surface area (TPSA) is 75.5 Å². The van der Waals surface area contributed by atoms with Gasteiger partial charge in [0, 0.05) is 44.5 Å². The number of nitrogens with zero attached hydrogens (tertiary/aromatic N) is 4. The molecule has 1 aliphatic heterocycles. The summed E-state index contributed by atoms with van der Waals surface area (Å²) in [6.07, 6.45) is 0.281. The van der Waals surface area contributed by atoms with Crippen LogP contribution in [-0.2, 0) is 28.3 Å². The van der Waals surface area contributed by atoms with E-state index in [1.165, 1.54) is 10.4 Å². The van der Waals surface area contributed by atoms with Crippen molar-refractivity contribution in [2.45, 2.75) is 25.2 Å². The fourth-order valence-electron chi connectivity index (χ4n) is 3.31. The number of amides is 1. The minimum absolute atomic E-state index is 0.0102. The van der Waals surface area contributed by atoms with E-state index in [9.17, 15) is 13.2 Å². The molecule has 0 aliphatic carbocycles. The van der Waals surface area contributed by atoms with Crippen LogP contribution < -0.4 is 0 Å². The minimum atomic E-state index is -3.66. The first kappa shape index (κ1) is 19.9. The summed E-state index contributed by atoms with van der Waals surface area (Å²) in [7, 11) is -1.80. The Labute approximate surface area is 164 Å². The van der Waals surface area contributed by atoms with Crippen LogP contribution in [0.25, 0.3) is 0 Å². The van der Waals surface area contributed by atoms with Gasteiger partial charge in [-0.1, -0.05) is 23.7 Å². The Balaban J connectivity index is 1.66. The molecule has 2 heterocycles. The largest absolute Gasteiger partial charge is 0.340 e. The smallest absolute Gasteiger partial charge is 0.244 e. The van der Waals surface area contributed by atoms with Gasteiger partial charge >= 0.3 is 0 Å². The zero-order valence-corrected chi connectivity index (χ0v) is 17.2. The predicted molar refractivity (Wildman–Crippen MR) is 103 cm³/mol. The summed E-state index contributed by atoms with van der Waals surface area (Å²) >= 11 is 6.05. The number of hydrogen-bond donors (Lipinski definition) is 0. The molecule has 1 aliphatic rings. The lowest BCUT2D eigenvalue weighted by Crippen LogP contribution is -2.50. The lowest BCUT2D eigenvalue weighted by atomic mass is 10.1. The number of piperazine rings is 1. The molecule has 1 aromatic heterocycles. The maximum absolute atomic E-state index is 12.8. The van der Waals surface area contributed by atoms with Crippen LogP contribution in [-0.4, -0.2) is 59.5 Å². The normalized spacial score (nSPS) is 15.9. The van der Waals surface area contributed by atoms with E-state index in [-0.39, 0.29) is 35.3 Å². The molecule has 3 rings (SSSR count). The van der Waals surface area contributed by atoms with Crippen LogP contribution in [0.1, 0.15) is 17.0 Å². The molecule has 1 fully saturated rings. The SMILES string of the molecule is Cc1nn(C)c(C)c1CC(=O)N1CCN(S(=O)(=O)c2ccccc2Cl)CC1. The zero-order chi connectivity index (χ0) is 19.8. The van der Waals surface area contributed by atoms with Gasteiger partial charge < -0.3 is 4.90 Å². The summed E-state index contributed by atoms with van der Waals surface area (Å²) in [4.78, 5) is 14.5. The average molecular weight is 411 g/mol. The third kappa shape index (κ3) is 3.88. The third-order valence-corrected chi connectivity index (χ3v) is 7.43. The van der Waals surface area contributed by atoms with Crippen molar-refractivity contribution in [3.63, 3.8) is 0 Å². The van der Waals surface area contributed by atoms with Crippen molar-refractivity contribution in [3.05, 3.63) is 46.2 Å². The van der Waals surface area contributed by atoms with E-state index in [4.69, 9.17) is 11.6 Å². The highest BCUT2D eigenvalue weighted by molar-refractivity contribution is 7.89. The van der Waals surface area contributed by atoms with Crippen molar-refractivity contribution in [1.82, 2.24) is 19.0 Å². The Morgan fingerprint density at radius 2 is 1.78 bits per heavy atom. The van der Waals surface area contributed by atoms with Gasteiger partial charge in [0.15, 0.2) is 0 Å². The van der Waals surface area contributed by atoms with Gasteiger partial charge in [-0.05, 0) is 26.0 Å². The number of halogens is 1. The number of sulfonamides is 1. The second-order valence-electron chi connectivity index (χ2n) is 6.67. The van der Waals surface area contributed by atoms with E-state index >= 15 is 0 Å². The summed E-state index contributed by atoms with van der Waals surface area (Å²) < 4.78 is 28.7. The van der Waals surface area contributed by atoms with Gasteiger partial charge in [0.2, 0.25) is 15.9 Å². The van der Waals surface area contributed by atoms with Gasteiger partial charge in [-0.25, -0.2) is 8.42 Å². The Morgan fingerprint density at radius 1 is 1.15 bits per heavy atom. The predicted octanol–water partition coefficient (Wildman–Crippen LogP) is 1.77. The van der Waals surface area contributed by atoms with Gasteiger partial charge in [0.1, 0.15) is 4.90 Å². The number of rotatable bonds is 4. The van der Waals surface area contributed by atoms with E-state index in [0.29, 0.717) is 13.1 Å². The summed E-state index contributed by atoms with van der Waals surface area (Å²) in [6, 6.07) is 6.41. The summed E-state index contributed by atoms with van der Waals surface area (Å²) in [5.74, 6) is -0.0102. The van der Waals surface area contributed by atoms with Gasteiger partial charge in [-0.2, -0.15) is 9.40 Å². The molecular formula is C18H23ClN4O3S. The highest BCUT2D eigenvalue weighted by Gasteiger charge is 2.31. The lowest BCUT2D eigenvalue weighted by Gasteiger charge is -2.34. The molecule has 0 saturated carbocycles. The Bertz CT molecular complexity index is 963. The first-order chi connectivity index (χ1) is 12.7. The molecular weight excluding hydrogens is 388 g/mol. The maximum atomic E-state index is 12.8. The van der Waals surface area contributed by atoms with Crippen LogP contribution in [0.5, 0.6) is 0 Å². The zero-order valence-electron chi connectivity index (χ0n) is 15.6. The van der Waals surface area contributed by atoms with Gasteiger partial charge in [-0.15, -0.1) is 0 Å². The van der Waals surface area contributed by atoms with Crippen molar-refractivity contribution >= 4 is 27.5 Å². The second-order valence-corrected chi connectivity index (χ2v) is 8.98. The van der Waals surface area contributed by atoms with E-state index < -0.39 is 10.0 Å². The van der Waals surface area contributed by atoms with E-state index in [1.54, 1.807) is 27.8 Å². The van der Waals surface area contributed by atoms with Crippen LogP contribution in [0.3, 0.4) is 0 Å². The number of hydrogen-bond acceptors (Lipinski definition) is 4. The Morgan fingerprint density at radius 3 is 2.33 bits per heavy atom. The number of benzene rings is 1. The molecule has 0 atom stereocenters. The summed E-state index contributed by atoms with van der Waals surface area (Å²) in [5, 5.41) is 4.55. The average Bonchev–Trinajstić information content (AvgIpc) is 2.88. The lowest BCUT2D eigenvalue weighted by molar-refractivity contribution is -0.131. The number of carbonyl (C=O) groups excluding carboxylic acids is 1. The summed E-state index contributed by atoms with van der Waals surface area (Å²) in [5.41, 5.74) is 2.76. The van der Waals surface area contributed by atoms with Gasteiger partial charge in [-0.3, -0.25) is 9.48 Å². The molecule has 1 aromatic carbocycles. The highest BCUT2D eigenvalue weighted by atomic mass is 35.5. The summed E-state index contributed by atoms with van der Waals surface area (Å²) in [6.45, 7) is 5.07. The van der Waals surface area contributed by atoms with Crippen LogP contribution >= 0.6 is 11.6 Å². The molecule has 0 bridgehead atoms. The van der Waals surface area contributed by atoms with Crippen molar-refractivity contribution in [3.8, 4) is 0 Å². The molecule has 0 unspecified atom stereocenters. The molecule has 7 nitrogen and oxygen atoms in total. The number of aromatic nitrogens is 2. The Hall–Kier alpha value is -1.90. The standard InChI is InChI=1S/C18H23ClN4O3S/c1-13-15(14(2)21(3)20-13)12-18(24)22-8-10-23(11-9-22)27(25,26)17-7-5-4-6-16(17)19/h4-7H,8-12H2,1-3H3.